The van der Waals surface area contributed by atoms with Gasteiger partial charge in [0.25, 0.3) is 0 Å². The molecule has 0 aliphatic carbocycles. The van der Waals surface area contributed by atoms with E-state index in [4.69, 9.17) is 0 Å². The van der Waals surface area contributed by atoms with Gasteiger partial charge in [0.15, 0.2) is 0 Å². The number of piperidine rings is 2. The fourth-order valence-electron chi connectivity index (χ4n) is 3.99. The lowest BCUT2D eigenvalue weighted by Gasteiger charge is -2.42. The van der Waals surface area contributed by atoms with Crippen molar-refractivity contribution in [1.82, 2.24) is 20.0 Å². The molecule has 2 amide bonds. The van der Waals surface area contributed by atoms with Gasteiger partial charge in [0.2, 0.25) is 5.91 Å². The summed E-state index contributed by atoms with van der Waals surface area (Å²) in [6.45, 7) is 6.42. The lowest BCUT2D eigenvalue weighted by Crippen LogP contribution is -2.58. The lowest BCUT2D eigenvalue weighted by molar-refractivity contribution is -0.138. The van der Waals surface area contributed by atoms with Crippen molar-refractivity contribution in [2.24, 2.45) is 0 Å². The Labute approximate surface area is 132 Å². The van der Waals surface area contributed by atoms with Gasteiger partial charge in [-0.15, -0.1) is 0 Å². The van der Waals surface area contributed by atoms with E-state index in [2.05, 4.69) is 10.2 Å². The normalized spacial score (nSPS) is 28.6. The molecule has 1 unspecified atom stereocenters. The molecule has 0 bridgehead atoms. The monoisotopic (exact) mass is 307 g/mol. The zero-order chi connectivity index (χ0) is 15.4. The Kier molecular flexibility index (Phi) is 5.31. The minimum Gasteiger partial charge on any atom is -0.338 e. The Hall–Kier alpha value is -1.14. The fraction of sp³-hybridized carbons (Fsp3) is 0.875. The van der Waals surface area contributed by atoms with Gasteiger partial charge in [-0.3, -0.25) is 14.5 Å². The summed E-state index contributed by atoms with van der Waals surface area (Å²) < 4.78 is 0. The van der Waals surface area contributed by atoms with Crippen LogP contribution in [0.1, 0.15) is 32.1 Å². The van der Waals surface area contributed by atoms with E-state index >= 15 is 0 Å². The summed E-state index contributed by atoms with van der Waals surface area (Å²) in [5, 5.41) is 3.40. The SMILES string of the molecule is O=[C]N1CCCCC1C(=O)N1CCN(C2CCNCC2)CC1. The second-order valence-electron chi connectivity index (χ2n) is 6.64. The molecule has 1 radical (unpaired) electrons. The Morgan fingerprint density at radius 3 is 2.36 bits per heavy atom. The van der Waals surface area contributed by atoms with Gasteiger partial charge in [-0.1, -0.05) is 0 Å². The van der Waals surface area contributed by atoms with E-state index in [1.54, 1.807) is 4.90 Å². The Balaban J connectivity index is 1.51. The van der Waals surface area contributed by atoms with Crippen molar-refractivity contribution in [1.29, 1.82) is 0 Å². The molecule has 0 spiro atoms. The third-order valence-corrected chi connectivity index (χ3v) is 5.36. The number of nitrogens with zero attached hydrogens (tertiary/aromatic N) is 3. The number of hydrogen-bond acceptors (Lipinski definition) is 4. The van der Waals surface area contributed by atoms with Crippen LogP contribution >= 0.6 is 0 Å². The highest BCUT2D eigenvalue weighted by atomic mass is 16.2. The first kappa shape index (κ1) is 15.7. The number of piperazine rings is 1. The van der Waals surface area contributed by atoms with Gasteiger partial charge in [-0.25, -0.2) is 0 Å². The first-order valence-electron chi connectivity index (χ1n) is 8.67. The third-order valence-electron chi connectivity index (χ3n) is 5.36. The van der Waals surface area contributed by atoms with Crippen molar-refractivity contribution in [3.63, 3.8) is 0 Å². The number of nitrogens with one attached hydrogen (secondary N) is 1. The Bertz CT molecular complexity index is 390. The average Bonchev–Trinajstić information content (AvgIpc) is 2.62. The predicted molar refractivity (Wildman–Crippen MR) is 84.1 cm³/mol. The number of likely N-dealkylation sites (tertiary alicyclic amines) is 1. The van der Waals surface area contributed by atoms with Crippen LogP contribution in [0.5, 0.6) is 0 Å². The molecule has 123 valence electrons. The maximum Gasteiger partial charge on any atom is 0.312 e. The largest absolute Gasteiger partial charge is 0.338 e. The summed E-state index contributed by atoms with van der Waals surface area (Å²) in [7, 11) is 0. The van der Waals surface area contributed by atoms with Gasteiger partial charge in [0.1, 0.15) is 6.04 Å². The molecule has 22 heavy (non-hydrogen) atoms. The van der Waals surface area contributed by atoms with Crippen molar-refractivity contribution in [3.8, 4) is 0 Å². The zero-order valence-corrected chi connectivity index (χ0v) is 13.3. The number of carbonyl (C=O) groups excluding carboxylic acids is 2. The lowest BCUT2D eigenvalue weighted by atomic mass is 10.0. The Morgan fingerprint density at radius 1 is 0.955 bits per heavy atom. The van der Waals surface area contributed by atoms with Crippen LogP contribution in [0, 0.1) is 0 Å². The van der Waals surface area contributed by atoms with Crippen LogP contribution in [0.15, 0.2) is 0 Å². The molecule has 3 heterocycles. The van der Waals surface area contributed by atoms with Crippen LogP contribution < -0.4 is 5.32 Å². The van der Waals surface area contributed by atoms with Crippen molar-refractivity contribution in [3.05, 3.63) is 0 Å². The number of hydrogen-bond donors (Lipinski definition) is 1. The molecular formula is C16H27N4O2. The van der Waals surface area contributed by atoms with Crippen molar-refractivity contribution >= 4 is 12.3 Å². The molecule has 0 aromatic carbocycles. The van der Waals surface area contributed by atoms with Crippen LogP contribution in [0.2, 0.25) is 0 Å². The molecule has 3 fully saturated rings. The van der Waals surface area contributed by atoms with E-state index in [0.717, 1.165) is 58.5 Å². The van der Waals surface area contributed by atoms with Gasteiger partial charge in [-0.2, -0.15) is 0 Å². The molecule has 6 nitrogen and oxygen atoms in total. The highest BCUT2D eigenvalue weighted by Crippen LogP contribution is 2.20. The van der Waals surface area contributed by atoms with E-state index in [1.165, 1.54) is 12.8 Å². The highest BCUT2D eigenvalue weighted by molar-refractivity contribution is 5.84. The van der Waals surface area contributed by atoms with Crippen molar-refractivity contribution in [2.75, 3.05) is 45.8 Å². The van der Waals surface area contributed by atoms with Gasteiger partial charge in [-0.05, 0) is 45.2 Å². The van der Waals surface area contributed by atoms with Crippen LogP contribution in [0.4, 0.5) is 0 Å². The van der Waals surface area contributed by atoms with Gasteiger partial charge in [0.05, 0.1) is 0 Å². The molecule has 0 aromatic heterocycles. The maximum absolute atomic E-state index is 12.7. The zero-order valence-electron chi connectivity index (χ0n) is 13.3. The molecule has 3 rings (SSSR count). The van der Waals surface area contributed by atoms with Gasteiger partial charge in [0, 0.05) is 38.8 Å². The smallest absolute Gasteiger partial charge is 0.312 e. The van der Waals surface area contributed by atoms with Crippen molar-refractivity contribution in [2.45, 2.75) is 44.2 Å². The summed E-state index contributed by atoms with van der Waals surface area (Å²) >= 11 is 0. The van der Waals surface area contributed by atoms with Crippen LogP contribution in [0.3, 0.4) is 0 Å². The summed E-state index contributed by atoms with van der Waals surface area (Å²) in [5.41, 5.74) is 0. The quantitative estimate of drug-likeness (QED) is 0.785. The molecule has 0 saturated carbocycles. The van der Waals surface area contributed by atoms with Crippen molar-refractivity contribution < 1.29 is 9.59 Å². The van der Waals surface area contributed by atoms with E-state index < -0.39 is 0 Å². The second-order valence-corrected chi connectivity index (χ2v) is 6.64. The van der Waals surface area contributed by atoms with E-state index in [0.29, 0.717) is 12.6 Å². The minimum absolute atomic E-state index is 0.132. The van der Waals surface area contributed by atoms with E-state index in [9.17, 15) is 9.59 Å². The van der Waals surface area contributed by atoms with Gasteiger partial charge < -0.3 is 15.1 Å². The number of amides is 2. The highest BCUT2D eigenvalue weighted by Gasteiger charge is 2.34. The topological polar surface area (TPSA) is 55.9 Å². The van der Waals surface area contributed by atoms with E-state index in [-0.39, 0.29) is 11.9 Å². The summed E-state index contributed by atoms with van der Waals surface area (Å²) in [6.07, 6.45) is 7.19. The standard InChI is InChI=1S/C16H27N4O2/c21-13-20-8-2-1-3-15(20)16(22)19-11-9-18(10-12-19)14-4-6-17-7-5-14/h14-15,17H,1-12H2. The number of carbonyl (C=O) groups is 1. The molecule has 3 saturated heterocycles. The molecule has 3 aliphatic heterocycles. The molecule has 0 aromatic rings. The van der Waals surface area contributed by atoms with Gasteiger partial charge >= 0.3 is 6.41 Å². The predicted octanol–water partition coefficient (Wildman–Crippen LogP) is -0.196. The van der Waals surface area contributed by atoms with E-state index in [1.807, 2.05) is 11.3 Å². The Morgan fingerprint density at radius 2 is 1.68 bits per heavy atom. The van der Waals surface area contributed by atoms with Crippen LogP contribution in [0.25, 0.3) is 0 Å². The van der Waals surface area contributed by atoms with Crippen LogP contribution in [-0.4, -0.2) is 84.9 Å². The average molecular weight is 307 g/mol. The number of rotatable bonds is 3. The first-order chi connectivity index (χ1) is 10.8. The molecule has 1 N–H and O–H groups in total. The maximum atomic E-state index is 12.7. The summed E-state index contributed by atoms with van der Waals surface area (Å²) in [5.74, 6) is 0.132. The third kappa shape index (κ3) is 3.43. The molecule has 1 atom stereocenters. The second kappa shape index (κ2) is 7.42. The molecular weight excluding hydrogens is 280 g/mol. The molecule has 6 heteroatoms. The fourth-order valence-corrected chi connectivity index (χ4v) is 3.99. The summed E-state index contributed by atoms with van der Waals surface area (Å²) in [4.78, 5) is 29.8. The van der Waals surface area contributed by atoms with Crippen LogP contribution in [-0.2, 0) is 9.59 Å². The first-order valence-corrected chi connectivity index (χ1v) is 8.67. The minimum atomic E-state index is -0.267. The summed E-state index contributed by atoms with van der Waals surface area (Å²) in [6, 6.07) is 0.407. The molecule has 3 aliphatic rings.